The quantitative estimate of drug-likeness (QED) is 0.384. The number of carbonyl (C=O) groups excluding carboxylic acids is 2. The predicted octanol–water partition coefficient (Wildman–Crippen LogP) is 2.00. The van der Waals surface area contributed by atoms with Crippen LogP contribution < -0.4 is 10.9 Å². The van der Waals surface area contributed by atoms with Gasteiger partial charge in [-0.3, -0.25) is 28.8 Å². The molecule has 2 saturated heterocycles. The molecule has 2 amide bonds. The Hall–Kier alpha value is -3.76. The van der Waals surface area contributed by atoms with E-state index in [1.54, 1.807) is 11.0 Å². The lowest BCUT2D eigenvalue weighted by Gasteiger charge is -2.28. The van der Waals surface area contributed by atoms with E-state index >= 15 is 0 Å². The van der Waals surface area contributed by atoms with Crippen LogP contribution in [0.3, 0.4) is 0 Å². The van der Waals surface area contributed by atoms with Gasteiger partial charge >= 0.3 is 0 Å². The van der Waals surface area contributed by atoms with Gasteiger partial charge in [0.2, 0.25) is 11.8 Å². The van der Waals surface area contributed by atoms with Crippen LogP contribution in [0.5, 0.6) is 0 Å². The molecule has 14 nitrogen and oxygen atoms in total. The van der Waals surface area contributed by atoms with E-state index in [0.717, 1.165) is 22.4 Å². The molecule has 2 aliphatic rings. The molecule has 52 heavy (non-hydrogen) atoms. The Bertz CT molecular complexity index is 1640. The second kappa shape index (κ2) is 20.5. The molecule has 3 heterocycles. The average molecular weight is 723 g/mol. The van der Waals surface area contributed by atoms with Crippen LogP contribution in [0.25, 0.3) is 10.9 Å². The third-order valence-electron chi connectivity index (χ3n) is 9.35. The number of anilines is 1. The Morgan fingerprint density at radius 3 is 1.75 bits per heavy atom. The summed E-state index contributed by atoms with van der Waals surface area (Å²) in [5.74, 6) is 0.315. The van der Waals surface area contributed by atoms with Crippen molar-refractivity contribution in [2.45, 2.75) is 33.9 Å². The summed E-state index contributed by atoms with van der Waals surface area (Å²) in [6, 6.07) is 11.5. The number of ether oxygens (including phenoxy) is 5. The standard InChI is InChI=1S/C38H54N6O8/c1-29-6-4-7-30(2)36(29)40-34(45)27-42-12-18-51-24-22-49-16-10-41(11-17-50-23-25-52-19-13-42)26-33-39-37-31(3)8-5-9-32(37)38(47)44(33)28-35(46)43-14-20-48-21-15-43/h4-9H,10-28H2,1-3H3,(H,40,45). The molecular weight excluding hydrogens is 668 g/mol. The number of nitrogens with zero attached hydrogens (tertiary/aromatic N) is 5. The number of carbonyl (C=O) groups is 2. The third-order valence-corrected chi connectivity index (χ3v) is 9.35. The van der Waals surface area contributed by atoms with Crippen molar-refractivity contribution in [3.05, 3.63) is 69.3 Å². The van der Waals surface area contributed by atoms with Gasteiger partial charge in [-0.05, 0) is 43.5 Å². The summed E-state index contributed by atoms with van der Waals surface area (Å²) in [6.07, 6.45) is 0. The zero-order valence-corrected chi connectivity index (χ0v) is 30.9. The molecule has 5 rings (SSSR count). The molecule has 2 aliphatic heterocycles. The number of rotatable bonds is 7. The van der Waals surface area contributed by atoms with Crippen LogP contribution in [-0.4, -0.2) is 148 Å². The summed E-state index contributed by atoms with van der Waals surface area (Å²) in [7, 11) is 0. The Balaban J connectivity index is 1.19. The smallest absolute Gasteiger partial charge is 0.261 e. The van der Waals surface area contributed by atoms with Gasteiger partial charge in [-0.15, -0.1) is 0 Å². The van der Waals surface area contributed by atoms with Crippen molar-refractivity contribution in [3.63, 3.8) is 0 Å². The van der Waals surface area contributed by atoms with Crippen LogP contribution in [0.2, 0.25) is 0 Å². The van der Waals surface area contributed by atoms with Crippen molar-refractivity contribution in [1.82, 2.24) is 24.3 Å². The monoisotopic (exact) mass is 722 g/mol. The molecular formula is C38H54N6O8. The maximum absolute atomic E-state index is 13.8. The Morgan fingerprint density at radius 2 is 1.15 bits per heavy atom. The lowest BCUT2D eigenvalue weighted by Crippen LogP contribution is -2.44. The second-order valence-corrected chi connectivity index (χ2v) is 13.2. The van der Waals surface area contributed by atoms with E-state index in [4.69, 9.17) is 28.7 Å². The summed E-state index contributed by atoms with van der Waals surface area (Å²) in [4.78, 5) is 51.0. The van der Waals surface area contributed by atoms with Gasteiger partial charge in [-0.1, -0.05) is 30.3 Å². The molecule has 3 aromatic rings. The van der Waals surface area contributed by atoms with Gasteiger partial charge in [-0.25, -0.2) is 4.98 Å². The van der Waals surface area contributed by atoms with Crippen molar-refractivity contribution in [3.8, 4) is 0 Å². The molecule has 0 aliphatic carbocycles. The van der Waals surface area contributed by atoms with Crippen LogP contribution >= 0.6 is 0 Å². The number of fused-ring (bicyclic) bond motifs is 1. The molecule has 1 aromatic heterocycles. The first-order chi connectivity index (χ1) is 25.3. The fourth-order valence-corrected chi connectivity index (χ4v) is 6.32. The number of aromatic nitrogens is 2. The van der Waals surface area contributed by atoms with E-state index in [9.17, 15) is 14.4 Å². The van der Waals surface area contributed by atoms with Crippen LogP contribution in [0, 0.1) is 20.8 Å². The van der Waals surface area contributed by atoms with Gasteiger partial charge in [0.1, 0.15) is 12.4 Å². The number of benzene rings is 2. The third kappa shape index (κ3) is 11.6. The summed E-state index contributed by atoms with van der Waals surface area (Å²) in [6.45, 7) is 14.0. The van der Waals surface area contributed by atoms with Crippen LogP contribution in [0.4, 0.5) is 5.69 Å². The van der Waals surface area contributed by atoms with E-state index in [1.807, 2.05) is 56.0 Å². The molecule has 0 spiro atoms. The second-order valence-electron chi connectivity index (χ2n) is 13.2. The normalized spacial score (nSPS) is 18.5. The van der Waals surface area contributed by atoms with Crippen LogP contribution in [-0.2, 0) is 46.4 Å². The first kappa shape index (κ1) is 39.4. The molecule has 2 aromatic carbocycles. The molecule has 284 valence electrons. The maximum atomic E-state index is 13.8. The zero-order valence-electron chi connectivity index (χ0n) is 30.9. The van der Waals surface area contributed by atoms with Gasteiger partial charge in [0.25, 0.3) is 5.56 Å². The molecule has 1 N–H and O–H groups in total. The first-order valence-electron chi connectivity index (χ1n) is 18.3. The lowest BCUT2D eigenvalue weighted by atomic mass is 10.1. The number of hydrogen-bond donors (Lipinski definition) is 1. The summed E-state index contributed by atoms with van der Waals surface area (Å²) >= 11 is 0. The van der Waals surface area contributed by atoms with Crippen molar-refractivity contribution in [2.24, 2.45) is 0 Å². The van der Waals surface area contributed by atoms with Crippen LogP contribution in [0.15, 0.2) is 41.2 Å². The highest BCUT2D eigenvalue weighted by Crippen LogP contribution is 2.19. The van der Waals surface area contributed by atoms with Gasteiger partial charge in [0.05, 0.1) is 90.1 Å². The van der Waals surface area contributed by atoms with E-state index in [-0.39, 0.29) is 30.5 Å². The number of aryl methyl sites for hydroxylation is 3. The highest BCUT2D eigenvalue weighted by molar-refractivity contribution is 5.93. The van der Waals surface area contributed by atoms with E-state index in [2.05, 4.69) is 10.2 Å². The maximum Gasteiger partial charge on any atom is 0.261 e. The molecule has 0 bridgehead atoms. The zero-order chi connectivity index (χ0) is 36.7. The number of amides is 2. The predicted molar refractivity (Wildman–Crippen MR) is 198 cm³/mol. The van der Waals surface area contributed by atoms with Gasteiger partial charge < -0.3 is 33.9 Å². The Labute approximate surface area is 305 Å². The topological polar surface area (TPSA) is 137 Å². The summed E-state index contributed by atoms with van der Waals surface area (Å²) in [5.41, 5.74) is 4.22. The van der Waals surface area contributed by atoms with Crippen molar-refractivity contribution in [1.29, 1.82) is 0 Å². The fourth-order valence-electron chi connectivity index (χ4n) is 6.32. The Morgan fingerprint density at radius 1 is 0.654 bits per heavy atom. The highest BCUT2D eigenvalue weighted by atomic mass is 16.5. The largest absolute Gasteiger partial charge is 0.378 e. The van der Waals surface area contributed by atoms with Gasteiger partial charge in [0.15, 0.2) is 0 Å². The van der Waals surface area contributed by atoms with E-state index in [1.165, 1.54) is 4.57 Å². The number of hydrogen-bond acceptors (Lipinski definition) is 11. The number of morpholine rings is 1. The Kier molecular flexibility index (Phi) is 15.5. The highest BCUT2D eigenvalue weighted by Gasteiger charge is 2.22. The molecule has 0 radical (unpaired) electrons. The average Bonchev–Trinajstić information content (AvgIpc) is 3.13. The SMILES string of the molecule is Cc1cccc(C)c1NC(=O)CN1CCOCCOCCN(Cc2nc3c(C)cccc3c(=O)n2CC(=O)N2CCOCC2)CCOCCOCC1. The minimum absolute atomic E-state index is 0.0783. The van der Waals surface area contributed by atoms with E-state index in [0.29, 0.717) is 129 Å². The number of para-hydroxylation sites is 2. The van der Waals surface area contributed by atoms with Crippen molar-refractivity contribution in [2.75, 3.05) is 117 Å². The molecule has 0 atom stereocenters. The minimum atomic E-state index is -0.228. The van der Waals surface area contributed by atoms with Crippen molar-refractivity contribution < 1.29 is 33.3 Å². The summed E-state index contributed by atoms with van der Waals surface area (Å²) < 4.78 is 30.6. The van der Waals surface area contributed by atoms with E-state index < -0.39 is 0 Å². The fraction of sp³-hybridized carbons (Fsp3) is 0.579. The molecule has 0 unspecified atom stereocenters. The summed E-state index contributed by atoms with van der Waals surface area (Å²) in [5, 5.41) is 3.56. The minimum Gasteiger partial charge on any atom is -0.378 e. The molecule has 2 fully saturated rings. The van der Waals surface area contributed by atoms with Crippen LogP contribution in [0.1, 0.15) is 22.5 Å². The molecule has 14 heteroatoms. The van der Waals surface area contributed by atoms with Gasteiger partial charge in [0, 0.05) is 45.0 Å². The van der Waals surface area contributed by atoms with Gasteiger partial charge in [-0.2, -0.15) is 0 Å². The first-order valence-corrected chi connectivity index (χ1v) is 18.3. The van der Waals surface area contributed by atoms with Crippen molar-refractivity contribution >= 4 is 28.4 Å². The lowest BCUT2D eigenvalue weighted by molar-refractivity contribution is -0.136. The number of nitrogens with one attached hydrogen (secondary N) is 1. The molecule has 0 saturated carbocycles.